The summed E-state index contributed by atoms with van der Waals surface area (Å²) in [7, 11) is 1.69. The molecule has 0 amide bonds. The van der Waals surface area contributed by atoms with Crippen LogP contribution in [0.1, 0.15) is 24.1 Å². The molecule has 1 aromatic heterocycles. The van der Waals surface area contributed by atoms with Gasteiger partial charge < -0.3 is 9.47 Å². The van der Waals surface area contributed by atoms with Gasteiger partial charge in [0.25, 0.3) is 0 Å². The van der Waals surface area contributed by atoms with Crippen LogP contribution in [0.2, 0.25) is 0 Å². The van der Waals surface area contributed by atoms with E-state index in [1.807, 2.05) is 12.1 Å². The minimum Gasteiger partial charge on any atom is -0.497 e. The van der Waals surface area contributed by atoms with Crippen molar-refractivity contribution >= 4 is 10.9 Å². The van der Waals surface area contributed by atoms with Crippen LogP contribution in [-0.4, -0.2) is 43.3 Å². The molecule has 0 spiro atoms. The van der Waals surface area contributed by atoms with Crippen molar-refractivity contribution in [1.29, 1.82) is 0 Å². The summed E-state index contributed by atoms with van der Waals surface area (Å²) in [6.45, 7) is 8.05. The number of ether oxygens (including phenoxy) is 2. The number of benzene rings is 2. The minimum atomic E-state index is 0.401. The Bertz CT molecular complexity index is 931. The summed E-state index contributed by atoms with van der Waals surface area (Å²) in [5.41, 5.74) is 5.66. The lowest BCUT2D eigenvalue weighted by Gasteiger charge is -2.32. The van der Waals surface area contributed by atoms with Crippen molar-refractivity contribution in [3.05, 3.63) is 59.7 Å². The summed E-state index contributed by atoms with van der Waals surface area (Å²) in [5, 5.41) is 1.16. The fraction of sp³-hybridized carbons (Fsp3) is 0.348. The maximum atomic E-state index is 5.47. The Morgan fingerprint density at radius 2 is 1.78 bits per heavy atom. The van der Waals surface area contributed by atoms with Crippen LogP contribution in [0, 0.1) is 6.92 Å². The van der Waals surface area contributed by atoms with Gasteiger partial charge in [0.15, 0.2) is 0 Å². The molecular formula is C23H26N2O2. The number of morpholine rings is 1. The summed E-state index contributed by atoms with van der Waals surface area (Å²) < 4.78 is 10.8. The fourth-order valence-corrected chi connectivity index (χ4v) is 3.77. The highest BCUT2D eigenvalue weighted by Gasteiger charge is 2.18. The van der Waals surface area contributed by atoms with E-state index in [1.165, 1.54) is 11.1 Å². The van der Waals surface area contributed by atoms with E-state index in [1.54, 1.807) is 7.11 Å². The molecule has 1 aliphatic heterocycles. The second kappa shape index (κ2) is 7.67. The third-order valence-corrected chi connectivity index (χ3v) is 5.51. The van der Waals surface area contributed by atoms with Gasteiger partial charge in [-0.3, -0.25) is 4.90 Å². The molecule has 0 radical (unpaired) electrons. The lowest BCUT2D eigenvalue weighted by Crippen LogP contribution is -2.37. The minimum absolute atomic E-state index is 0.401. The third kappa shape index (κ3) is 3.68. The number of nitrogens with zero attached hydrogens (tertiary/aromatic N) is 2. The molecule has 3 aromatic rings. The van der Waals surface area contributed by atoms with Crippen LogP contribution in [0.5, 0.6) is 5.75 Å². The molecule has 2 heterocycles. The Morgan fingerprint density at radius 1 is 1.04 bits per heavy atom. The molecule has 0 saturated carbocycles. The van der Waals surface area contributed by atoms with Crippen LogP contribution < -0.4 is 4.74 Å². The quantitative estimate of drug-likeness (QED) is 0.679. The average molecular weight is 362 g/mol. The first kappa shape index (κ1) is 18.0. The second-order valence-corrected chi connectivity index (χ2v) is 7.15. The van der Waals surface area contributed by atoms with Crippen molar-refractivity contribution in [3.8, 4) is 17.0 Å². The molecule has 4 nitrogen and oxygen atoms in total. The lowest BCUT2D eigenvalue weighted by atomic mass is 10.0. The summed E-state index contributed by atoms with van der Waals surface area (Å²) in [4.78, 5) is 7.35. The molecule has 2 aromatic carbocycles. The van der Waals surface area contributed by atoms with E-state index >= 15 is 0 Å². The zero-order chi connectivity index (χ0) is 18.8. The second-order valence-electron chi connectivity index (χ2n) is 7.15. The monoisotopic (exact) mass is 362 g/mol. The first-order chi connectivity index (χ1) is 13.2. The maximum absolute atomic E-state index is 5.47. The van der Waals surface area contributed by atoms with E-state index in [0.29, 0.717) is 6.04 Å². The number of methoxy groups -OCH3 is 1. The Kier molecular flexibility index (Phi) is 5.10. The fourth-order valence-electron chi connectivity index (χ4n) is 3.77. The van der Waals surface area contributed by atoms with Gasteiger partial charge in [0.05, 0.1) is 31.5 Å². The van der Waals surface area contributed by atoms with Gasteiger partial charge in [-0.25, -0.2) is 4.98 Å². The molecule has 1 fully saturated rings. The molecule has 1 aliphatic rings. The summed E-state index contributed by atoms with van der Waals surface area (Å²) in [6, 6.07) is 17.4. The summed E-state index contributed by atoms with van der Waals surface area (Å²) in [6.07, 6.45) is 0. The van der Waals surface area contributed by atoms with Crippen molar-refractivity contribution in [1.82, 2.24) is 9.88 Å². The standard InChI is InChI=1S/C23H26N2O2/c1-16-14-22(24-23-15-20(26-3)8-9-21(16)23)19-6-4-18(5-7-19)17(2)25-10-12-27-13-11-25/h4-9,14-15,17H,10-13H2,1-3H3/t17-/m1/s1. The Labute approximate surface area is 160 Å². The summed E-state index contributed by atoms with van der Waals surface area (Å²) in [5.74, 6) is 0.834. The Balaban J connectivity index is 1.63. The van der Waals surface area contributed by atoms with Crippen molar-refractivity contribution in [3.63, 3.8) is 0 Å². The highest BCUT2D eigenvalue weighted by molar-refractivity contribution is 5.86. The molecule has 0 unspecified atom stereocenters. The lowest BCUT2D eigenvalue weighted by molar-refractivity contribution is 0.0198. The SMILES string of the molecule is COc1ccc2c(C)cc(-c3ccc([C@@H](C)N4CCOCC4)cc3)nc2c1. The van der Waals surface area contributed by atoms with E-state index in [0.717, 1.165) is 54.2 Å². The number of aryl methyl sites for hydroxylation is 1. The van der Waals surface area contributed by atoms with E-state index in [2.05, 4.69) is 55.1 Å². The van der Waals surface area contributed by atoms with Crippen molar-refractivity contribution in [2.45, 2.75) is 19.9 Å². The van der Waals surface area contributed by atoms with Gasteiger partial charge in [-0.15, -0.1) is 0 Å². The first-order valence-corrected chi connectivity index (χ1v) is 9.53. The van der Waals surface area contributed by atoms with E-state index in [9.17, 15) is 0 Å². The van der Waals surface area contributed by atoms with Gasteiger partial charge in [-0.05, 0) is 43.2 Å². The highest BCUT2D eigenvalue weighted by atomic mass is 16.5. The number of hydrogen-bond acceptors (Lipinski definition) is 4. The van der Waals surface area contributed by atoms with Gasteiger partial charge in [0, 0.05) is 36.1 Å². The van der Waals surface area contributed by atoms with Crippen LogP contribution in [0.4, 0.5) is 0 Å². The zero-order valence-corrected chi connectivity index (χ0v) is 16.2. The molecule has 1 saturated heterocycles. The predicted octanol–water partition coefficient (Wildman–Crippen LogP) is 4.61. The molecular weight excluding hydrogens is 336 g/mol. The number of hydrogen-bond donors (Lipinski definition) is 0. The molecule has 0 aliphatic carbocycles. The number of pyridine rings is 1. The van der Waals surface area contributed by atoms with Gasteiger partial charge in [0.2, 0.25) is 0 Å². The number of rotatable bonds is 4. The molecule has 1 atom stereocenters. The van der Waals surface area contributed by atoms with Crippen LogP contribution >= 0.6 is 0 Å². The van der Waals surface area contributed by atoms with Crippen LogP contribution in [-0.2, 0) is 4.74 Å². The number of aromatic nitrogens is 1. The van der Waals surface area contributed by atoms with Crippen LogP contribution in [0.15, 0.2) is 48.5 Å². The van der Waals surface area contributed by atoms with Crippen LogP contribution in [0.25, 0.3) is 22.2 Å². The normalized spacial score (nSPS) is 16.4. The molecule has 27 heavy (non-hydrogen) atoms. The van der Waals surface area contributed by atoms with Gasteiger partial charge in [-0.1, -0.05) is 24.3 Å². The number of fused-ring (bicyclic) bond motifs is 1. The van der Waals surface area contributed by atoms with Crippen molar-refractivity contribution < 1.29 is 9.47 Å². The first-order valence-electron chi connectivity index (χ1n) is 9.53. The van der Waals surface area contributed by atoms with Gasteiger partial charge in [-0.2, -0.15) is 0 Å². The topological polar surface area (TPSA) is 34.6 Å². The van der Waals surface area contributed by atoms with Gasteiger partial charge in [0.1, 0.15) is 5.75 Å². The molecule has 0 N–H and O–H groups in total. The summed E-state index contributed by atoms with van der Waals surface area (Å²) >= 11 is 0. The van der Waals surface area contributed by atoms with E-state index < -0.39 is 0 Å². The maximum Gasteiger partial charge on any atom is 0.121 e. The molecule has 4 rings (SSSR count). The van der Waals surface area contributed by atoms with E-state index in [4.69, 9.17) is 14.5 Å². The van der Waals surface area contributed by atoms with Crippen LogP contribution in [0.3, 0.4) is 0 Å². The molecule has 0 bridgehead atoms. The molecule has 4 heteroatoms. The largest absolute Gasteiger partial charge is 0.497 e. The third-order valence-electron chi connectivity index (χ3n) is 5.51. The highest BCUT2D eigenvalue weighted by Crippen LogP contribution is 2.29. The van der Waals surface area contributed by atoms with Crippen molar-refractivity contribution in [2.24, 2.45) is 0 Å². The van der Waals surface area contributed by atoms with Gasteiger partial charge >= 0.3 is 0 Å². The van der Waals surface area contributed by atoms with Crippen molar-refractivity contribution in [2.75, 3.05) is 33.4 Å². The Hall–Kier alpha value is -2.43. The smallest absolute Gasteiger partial charge is 0.121 e. The Morgan fingerprint density at radius 3 is 2.48 bits per heavy atom. The zero-order valence-electron chi connectivity index (χ0n) is 16.2. The van der Waals surface area contributed by atoms with E-state index in [-0.39, 0.29) is 0 Å². The predicted molar refractivity (Wildman–Crippen MR) is 109 cm³/mol. The molecule has 140 valence electrons. The average Bonchev–Trinajstić information content (AvgIpc) is 2.73.